The summed E-state index contributed by atoms with van der Waals surface area (Å²) in [6.45, 7) is 3.47. The van der Waals surface area contributed by atoms with Gasteiger partial charge in [0.15, 0.2) is 11.5 Å². The van der Waals surface area contributed by atoms with Gasteiger partial charge in [-0.3, -0.25) is 4.79 Å². The standard InChI is InChI=1S/C16H21N3O3/c1-4-7-17-10-12-8-13(18-19-16(12)20)11-5-6-14(21-2)15(9-11)22-3/h5-6,8-9,17H,4,7,10H2,1-3H3,(H,19,20). The second kappa shape index (κ2) is 7.61. The Hall–Kier alpha value is -2.34. The minimum absolute atomic E-state index is 0.173. The van der Waals surface area contributed by atoms with Gasteiger partial charge in [-0.1, -0.05) is 6.92 Å². The van der Waals surface area contributed by atoms with Gasteiger partial charge in [-0.2, -0.15) is 5.10 Å². The quantitative estimate of drug-likeness (QED) is 0.765. The maximum absolute atomic E-state index is 11.8. The number of aromatic amines is 1. The van der Waals surface area contributed by atoms with Crippen molar-refractivity contribution < 1.29 is 9.47 Å². The highest BCUT2D eigenvalue weighted by atomic mass is 16.5. The third-order valence-electron chi connectivity index (χ3n) is 3.30. The Labute approximate surface area is 129 Å². The summed E-state index contributed by atoms with van der Waals surface area (Å²) in [6.07, 6.45) is 1.02. The summed E-state index contributed by atoms with van der Waals surface area (Å²) in [6, 6.07) is 7.33. The third kappa shape index (κ3) is 3.65. The van der Waals surface area contributed by atoms with E-state index in [-0.39, 0.29) is 5.56 Å². The lowest BCUT2D eigenvalue weighted by molar-refractivity contribution is 0.355. The van der Waals surface area contributed by atoms with Crippen LogP contribution < -0.4 is 20.3 Å². The van der Waals surface area contributed by atoms with E-state index >= 15 is 0 Å². The van der Waals surface area contributed by atoms with Crippen molar-refractivity contribution in [3.8, 4) is 22.8 Å². The molecule has 0 saturated heterocycles. The first-order valence-corrected chi connectivity index (χ1v) is 7.21. The van der Waals surface area contributed by atoms with Crippen molar-refractivity contribution in [2.45, 2.75) is 19.9 Å². The summed E-state index contributed by atoms with van der Waals surface area (Å²) in [5.74, 6) is 1.28. The van der Waals surface area contributed by atoms with E-state index in [1.165, 1.54) is 0 Å². The Morgan fingerprint density at radius 1 is 1.18 bits per heavy atom. The molecule has 1 aromatic carbocycles. The van der Waals surface area contributed by atoms with Gasteiger partial charge in [0.1, 0.15) is 0 Å². The number of H-pyrrole nitrogens is 1. The highest BCUT2D eigenvalue weighted by molar-refractivity contribution is 5.64. The van der Waals surface area contributed by atoms with Crippen molar-refractivity contribution in [1.29, 1.82) is 0 Å². The molecule has 1 heterocycles. The van der Waals surface area contributed by atoms with Gasteiger partial charge in [0.05, 0.1) is 19.9 Å². The number of hydrogen-bond donors (Lipinski definition) is 2. The number of methoxy groups -OCH3 is 2. The van der Waals surface area contributed by atoms with Crippen LogP contribution in [0, 0.1) is 0 Å². The second-order valence-electron chi connectivity index (χ2n) is 4.85. The average Bonchev–Trinajstić information content (AvgIpc) is 2.56. The molecule has 2 rings (SSSR count). The van der Waals surface area contributed by atoms with Gasteiger partial charge in [-0.15, -0.1) is 0 Å². The summed E-state index contributed by atoms with van der Waals surface area (Å²) < 4.78 is 10.5. The molecule has 0 saturated carbocycles. The molecule has 0 amide bonds. The van der Waals surface area contributed by atoms with Crippen LogP contribution in [0.3, 0.4) is 0 Å². The fraction of sp³-hybridized carbons (Fsp3) is 0.375. The highest BCUT2D eigenvalue weighted by Crippen LogP contribution is 2.31. The van der Waals surface area contributed by atoms with Gasteiger partial charge in [-0.05, 0) is 37.2 Å². The van der Waals surface area contributed by atoms with E-state index in [9.17, 15) is 4.79 Å². The summed E-state index contributed by atoms with van der Waals surface area (Å²) in [5, 5.41) is 9.87. The predicted octanol–water partition coefficient (Wildman–Crippen LogP) is 1.95. The maximum Gasteiger partial charge on any atom is 0.268 e. The van der Waals surface area contributed by atoms with Gasteiger partial charge < -0.3 is 14.8 Å². The normalized spacial score (nSPS) is 10.5. The molecule has 6 nitrogen and oxygen atoms in total. The zero-order valence-corrected chi connectivity index (χ0v) is 13.1. The summed E-state index contributed by atoms with van der Waals surface area (Å²) in [4.78, 5) is 11.8. The molecule has 0 radical (unpaired) electrons. The zero-order chi connectivity index (χ0) is 15.9. The minimum atomic E-state index is -0.173. The van der Waals surface area contributed by atoms with Crippen molar-refractivity contribution >= 4 is 0 Å². The van der Waals surface area contributed by atoms with Gasteiger partial charge in [0.2, 0.25) is 0 Å². The van der Waals surface area contributed by atoms with Crippen molar-refractivity contribution in [3.05, 3.63) is 40.2 Å². The first-order valence-electron chi connectivity index (χ1n) is 7.21. The van der Waals surface area contributed by atoms with Crippen LogP contribution in [0.25, 0.3) is 11.3 Å². The molecule has 0 spiro atoms. The van der Waals surface area contributed by atoms with Gasteiger partial charge in [-0.25, -0.2) is 5.10 Å². The van der Waals surface area contributed by atoms with E-state index in [4.69, 9.17) is 9.47 Å². The topological polar surface area (TPSA) is 76.2 Å². The average molecular weight is 303 g/mol. The van der Waals surface area contributed by atoms with Crippen LogP contribution in [-0.2, 0) is 6.54 Å². The third-order valence-corrected chi connectivity index (χ3v) is 3.30. The fourth-order valence-electron chi connectivity index (χ4n) is 2.12. The van der Waals surface area contributed by atoms with E-state index in [2.05, 4.69) is 22.4 Å². The van der Waals surface area contributed by atoms with Gasteiger partial charge >= 0.3 is 0 Å². The molecule has 6 heteroatoms. The van der Waals surface area contributed by atoms with E-state index in [0.717, 1.165) is 18.5 Å². The van der Waals surface area contributed by atoms with Crippen molar-refractivity contribution in [2.75, 3.05) is 20.8 Å². The van der Waals surface area contributed by atoms with Crippen LogP contribution in [0.1, 0.15) is 18.9 Å². The van der Waals surface area contributed by atoms with Gasteiger partial charge in [0.25, 0.3) is 5.56 Å². The Bertz CT molecular complexity index is 683. The molecule has 0 unspecified atom stereocenters. The van der Waals surface area contributed by atoms with Crippen LogP contribution >= 0.6 is 0 Å². The Morgan fingerprint density at radius 3 is 2.64 bits per heavy atom. The SMILES string of the molecule is CCCNCc1cc(-c2ccc(OC)c(OC)c2)n[nH]c1=O. The molecule has 2 aromatic rings. The Kier molecular flexibility index (Phi) is 5.55. The predicted molar refractivity (Wildman–Crippen MR) is 85.4 cm³/mol. The molecule has 1 aromatic heterocycles. The monoisotopic (exact) mass is 303 g/mol. The molecule has 0 aliphatic carbocycles. The molecule has 0 aliphatic heterocycles. The van der Waals surface area contributed by atoms with E-state index < -0.39 is 0 Å². The first kappa shape index (κ1) is 16.0. The number of benzene rings is 1. The molecular formula is C16H21N3O3. The Morgan fingerprint density at radius 2 is 1.95 bits per heavy atom. The van der Waals surface area contributed by atoms with Crippen LogP contribution in [0.2, 0.25) is 0 Å². The molecule has 0 fully saturated rings. The molecule has 0 bridgehead atoms. The van der Waals surface area contributed by atoms with Crippen LogP contribution in [0.5, 0.6) is 11.5 Å². The number of hydrogen-bond acceptors (Lipinski definition) is 5. The van der Waals surface area contributed by atoms with E-state index in [0.29, 0.717) is 29.3 Å². The number of rotatable bonds is 7. The lowest BCUT2D eigenvalue weighted by Crippen LogP contribution is -2.22. The molecule has 0 atom stereocenters. The highest BCUT2D eigenvalue weighted by Gasteiger charge is 2.09. The number of nitrogens with one attached hydrogen (secondary N) is 2. The summed E-state index contributed by atoms with van der Waals surface area (Å²) >= 11 is 0. The maximum atomic E-state index is 11.8. The fourth-order valence-corrected chi connectivity index (χ4v) is 2.12. The summed E-state index contributed by atoms with van der Waals surface area (Å²) in [7, 11) is 3.18. The van der Waals surface area contributed by atoms with Crippen molar-refractivity contribution in [3.63, 3.8) is 0 Å². The molecular weight excluding hydrogens is 282 g/mol. The Balaban J connectivity index is 2.32. The van der Waals surface area contributed by atoms with Crippen LogP contribution in [0.4, 0.5) is 0 Å². The minimum Gasteiger partial charge on any atom is -0.493 e. The lowest BCUT2D eigenvalue weighted by atomic mass is 10.1. The molecule has 2 N–H and O–H groups in total. The largest absolute Gasteiger partial charge is 0.493 e. The molecule has 22 heavy (non-hydrogen) atoms. The van der Waals surface area contributed by atoms with Crippen LogP contribution in [0.15, 0.2) is 29.1 Å². The second-order valence-corrected chi connectivity index (χ2v) is 4.85. The summed E-state index contributed by atoms with van der Waals surface area (Å²) in [5.41, 5.74) is 2.03. The van der Waals surface area contributed by atoms with Gasteiger partial charge in [0, 0.05) is 17.7 Å². The lowest BCUT2D eigenvalue weighted by Gasteiger charge is -2.10. The first-order chi connectivity index (χ1) is 10.7. The number of nitrogens with zero attached hydrogens (tertiary/aromatic N) is 1. The number of ether oxygens (including phenoxy) is 2. The van der Waals surface area contributed by atoms with Crippen molar-refractivity contribution in [2.24, 2.45) is 0 Å². The smallest absolute Gasteiger partial charge is 0.268 e. The van der Waals surface area contributed by atoms with Crippen LogP contribution in [-0.4, -0.2) is 31.0 Å². The zero-order valence-electron chi connectivity index (χ0n) is 13.1. The molecule has 0 aliphatic rings. The van der Waals surface area contributed by atoms with Crippen molar-refractivity contribution in [1.82, 2.24) is 15.5 Å². The molecule has 118 valence electrons. The number of aromatic nitrogens is 2. The van der Waals surface area contributed by atoms with E-state index in [1.807, 2.05) is 18.2 Å². The van der Waals surface area contributed by atoms with E-state index in [1.54, 1.807) is 20.3 Å².